The minimum atomic E-state index is 0. The molecule has 7 heteroatoms. The van der Waals surface area contributed by atoms with E-state index in [1.165, 1.54) is 9.88 Å². The lowest BCUT2D eigenvalue weighted by atomic mass is 10.2. The molecule has 5 nitrogen and oxygen atoms in total. The summed E-state index contributed by atoms with van der Waals surface area (Å²) >= 11 is 1.76. The Morgan fingerprint density at radius 2 is 2.14 bits per heavy atom. The summed E-state index contributed by atoms with van der Waals surface area (Å²) in [5.41, 5.74) is 0. The van der Waals surface area contributed by atoms with Crippen LogP contribution in [-0.4, -0.2) is 44.3 Å². The lowest BCUT2D eigenvalue weighted by molar-refractivity contribution is 0.192. The number of hydrogen-bond donors (Lipinski definition) is 2. The smallest absolute Gasteiger partial charge is 0.191 e. The van der Waals surface area contributed by atoms with Gasteiger partial charge in [-0.25, -0.2) is 4.98 Å². The molecule has 128 valence electrons. The van der Waals surface area contributed by atoms with Crippen LogP contribution < -0.4 is 10.6 Å². The molecular formula is C15H29IN4OS. The van der Waals surface area contributed by atoms with Gasteiger partial charge in [0.25, 0.3) is 0 Å². The van der Waals surface area contributed by atoms with Crippen LogP contribution in [0.3, 0.4) is 0 Å². The molecule has 0 bridgehead atoms. The predicted octanol–water partition coefficient (Wildman–Crippen LogP) is 2.98. The molecule has 1 heterocycles. The van der Waals surface area contributed by atoms with Crippen LogP contribution in [0.5, 0.6) is 0 Å². The maximum absolute atomic E-state index is 5.04. The zero-order chi connectivity index (χ0) is 15.3. The summed E-state index contributed by atoms with van der Waals surface area (Å²) in [5.74, 6) is 0.900. The Morgan fingerprint density at radius 3 is 2.77 bits per heavy atom. The molecule has 0 atom stereocenters. The third-order valence-corrected chi connectivity index (χ3v) is 3.89. The third kappa shape index (κ3) is 10.3. The van der Waals surface area contributed by atoms with E-state index in [4.69, 9.17) is 4.74 Å². The second-order valence-electron chi connectivity index (χ2n) is 4.86. The fraction of sp³-hybridized carbons (Fsp3) is 0.733. The maximum Gasteiger partial charge on any atom is 0.191 e. The molecule has 0 aromatic carbocycles. The Bertz CT molecular complexity index is 412. The number of aliphatic imine (C=N–C) groups is 1. The average molecular weight is 440 g/mol. The molecule has 22 heavy (non-hydrogen) atoms. The summed E-state index contributed by atoms with van der Waals surface area (Å²) in [6.07, 6.45) is 6.25. The Labute approximate surface area is 155 Å². The summed E-state index contributed by atoms with van der Waals surface area (Å²) in [7, 11) is 1.75. The molecule has 0 unspecified atom stereocenters. The summed E-state index contributed by atoms with van der Waals surface area (Å²) in [5, 5.41) is 7.81. The van der Waals surface area contributed by atoms with Crippen LogP contribution in [-0.2, 0) is 11.2 Å². The fourth-order valence-corrected chi connectivity index (χ4v) is 2.66. The standard InChI is InChI=1S/C15H28N4OS.HI/c1-4-16-15(17-9-6-5-7-11-20-3)18-10-8-14-19-12-13(2)21-14;/h12H,4-11H2,1-3H3,(H2,16,17,18);1H. The van der Waals surface area contributed by atoms with Gasteiger partial charge in [-0.05, 0) is 33.1 Å². The normalized spacial score (nSPS) is 11.1. The van der Waals surface area contributed by atoms with E-state index in [9.17, 15) is 0 Å². The van der Waals surface area contributed by atoms with Crippen LogP contribution in [0.15, 0.2) is 11.2 Å². The quantitative estimate of drug-likeness (QED) is 0.254. The molecule has 0 fully saturated rings. The molecule has 0 saturated heterocycles. The lowest BCUT2D eigenvalue weighted by Crippen LogP contribution is -2.38. The number of hydrogen-bond acceptors (Lipinski definition) is 4. The van der Waals surface area contributed by atoms with Crippen molar-refractivity contribution in [1.82, 2.24) is 15.6 Å². The molecule has 0 spiro atoms. The fourth-order valence-electron chi connectivity index (χ4n) is 1.87. The van der Waals surface area contributed by atoms with Crippen molar-refractivity contribution in [3.8, 4) is 0 Å². The molecular weight excluding hydrogens is 411 g/mol. The van der Waals surface area contributed by atoms with E-state index in [1.54, 1.807) is 18.4 Å². The third-order valence-electron chi connectivity index (χ3n) is 2.92. The Balaban J connectivity index is 0.00000441. The number of aryl methyl sites for hydroxylation is 1. The van der Waals surface area contributed by atoms with Crippen molar-refractivity contribution in [2.75, 3.05) is 33.4 Å². The molecule has 0 aliphatic heterocycles. The van der Waals surface area contributed by atoms with Gasteiger partial charge in [-0.3, -0.25) is 4.99 Å². The van der Waals surface area contributed by atoms with Gasteiger partial charge in [-0.2, -0.15) is 0 Å². The van der Waals surface area contributed by atoms with E-state index >= 15 is 0 Å². The van der Waals surface area contributed by atoms with E-state index in [-0.39, 0.29) is 24.0 Å². The highest BCUT2D eigenvalue weighted by atomic mass is 127. The SMILES string of the molecule is CCNC(=NCCCCCOC)NCCc1ncc(C)s1.I. The highest BCUT2D eigenvalue weighted by Crippen LogP contribution is 2.10. The number of ether oxygens (including phenoxy) is 1. The van der Waals surface area contributed by atoms with Crippen molar-refractivity contribution < 1.29 is 4.74 Å². The monoisotopic (exact) mass is 440 g/mol. The van der Waals surface area contributed by atoms with Gasteiger partial charge in [0.1, 0.15) is 0 Å². The minimum absolute atomic E-state index is 0. The molecule has 1 aromatic rings. The molecule has 0 aliphatic rings. The van der Waals surface area contributed by atoms with Gasteiger partial charge < -0.3 is 15.4 Å². The second-order valence-corrected chi connectivity index (χ2v) is 6.17. The summed E-state index contributed by atoms with van der Waals surface area (Å²) in [4.78, 5) is 10.2. The van der Waals surface area contributed by atoms with Crippen molar-refractivity contribution in [2.45, 2.75) is 39.5 Å². The average Bonchev–Trinajstić information content (AvgIpc) is 2.88. The predicted molar refractivity (Wildman–Crippen MR) is 106 cm³/mol. The highest BCUT2D eigenvalue weighted by Gasteiger charge is 2.00. The van der Waals surface area contributed by atoms with Gasteiger partial charge in [-0.1, -0.05) is 0 Å². The first-order valence-corrected chi connectivity index (χ1v) is 8.50. The Hall–Kier alpha value is -0.410. The molecule has 0 amide bonds. The number of thiazole rings is 1. The molecule has 1 aromatic heterocycles. The van der Waals surface area contributed by atoms with Crippen molar-refractivity contribution in [1.29, 1.82) is 0 Å². The van der Waals surface area contributed by atoms with Crippen molar-refractivity contribution in [3.05, 3.63) is 16.1 Å². The van der Waals surface area contributed by atoms with E-state index in [2.05, 4.69) is 34.5 Å². The Kier molecular flexibility index (Phi) is 13.9. The highest BCUT2D eigenvalue weighted by molar-refractivity contribution is 14.0. The number of nitrogens with one attached hydrogen (secondary N) is 2. The number of methoxy groups -OCH3 is 1. The van der Waals surface area contributed by atoms with Crippen LogP contribution in [0, 0.1) is 6.92 Å². The van der Waals surface area contributed by atoms with E-state index in [0.717, 1.165) is 57.9 Å². The Morgan fingerprint density at radius 1 is 1.32 bits per heavy atom. The first kappa shape index (κ1) is 21.6. The first-order chi connectivity index (χ1) is 10.3. The maximum atomic E-state index is 5.04. The van der Waals surface area contributed by atoms with Crippen LogP contribution in [0.2, 0.25) is 0 Å². The molecule has 0 saturated carbocycles. The lowest BCUT2D eigenvalue weighted by Gasteiger charge is -2.10. The summed E-state index contributed by atoms with van der Waals surface area (Å²) in [6, 6.07) is 0. The largest absolute Gasteiger partial charge is 0.385 e. The summed E-state index contributed by atoms with van der Waals surface area (Å²) < 4.78 is 5.04. The number of unbranched alkanes of at least 4 members (excludes halogenated alkanes) is 2. The molecule has 1 rings (SSSR count). The van der Waals surface area contributed by atoms with E-state index < -0.39 is 0 Å². The van der Waals surface area contributed by atoms with Crippen molar-refractivity contribution >= 4 is 41.3 Å². The van der Waals surface area contributed by atoms with Crippen molar-refractivity contribution in [3.63, 3.8) is 0 Å². The molecule has 0 radical (unpaired) electrons. The van der Waals surface area contributed by atoms with Crippen LogP contribution in [0.4, 0.5) is 0 Å². The van der Waals surface area contributed by atoms with Crippen molar-refractivity contribution in [2.24, 2.45) is 4.99 Å². The van der Waals surface area contributed by atoms with Crippen LogP contribution >= 0.6 is 35.3 Å². The summed E-state index contributed by atoms with van der Waals surface area (Å²) in [6.45, 7) is 7.61. The van der Waals surface area contributed by atoms with Gasteiger partial charge >= 0.3 is 0 Å². The van der Waals surface area contributed by atoms with Gasteiger partial charge in [0.05, 0.1) is 5.01 Å². The van der Waals surface area contributed by atoms with E-state index in [1.807, 2.05) is 6.20 Å². The van der Waals surface area contributed by atoms with E-state index in [0.29, 0.717) is 0 Å². The number of guanidine groups is 1. The first-order valence-electron chi connectivity index (χ1n) is 7.68. The zero-order valence-electron chi connectivity index (χ0n) is 13.9. The van der Waals surface area contributed by atoms with Gasteiger partial charge in [0, 0.05) is 50.8 Å². The topological polar surface area (TPSA) is 58.5 Å². The van der Waals surface area contributed by atoms with Crippen LogP contribution in [0.25, 0.3) is 0 Å². The van der Waals surface area contributed by atoms with Crippen LogP contribution in [0.1, 0.15) is 36.1 Å². The molecule has 2 N–H and O–H groups in total. The number of rotatable bonds is 10. The number of halogens is 1. The zero-order valence-corrected chi connectivity index (χ0v) is 17.0. The molecule has 0 aliphatic carbocycles. The number of aromatic nitrogens is 1. The van der Waals surface area contributed by atoms with Gasteiger partial charge in [0.15, 0.2) is 5.96 Å². The van der Waals surface area contributed by atoms with Gasteiger partial charge in [-0.15, -0.1) is 35.3 Å². The minimum Gasteiger partial charge on any atom is -0.385 e. The van der Waals surface area contributed by atoms with Gasteiger partial charge in [0.2, 0.25) is 0 Å². The second kappa shape index (κ2) is 14.2. The number of nitrogens with zero attached hydrogens (tertiary/aromatic N) is 2.